The summed E-state index contributed by atoms with van der Waals surface area (Å²) >= 11 is 0. The van der Waals surface area contributed by atoms with Crippen molar-refractivity contribution in [2.75, 3.05) is 19.6 Å². The van der Waals surface area contributed by atoms with Crippen LogP contribution in [0.5, 0.6) is 0 Å². The van der Waals surface area contributed by atoms with E-state index < -0.39 is 4.92 Å². The second-order valence-electron chi connectivity index (χ2n) is 7.22. The van der Waals surface area contributed by atoms with Gasteiger partial charge in [-0.05, 0) is 38.5 Å². The standard InChI is InChI=1S/C19H27N3O3/c1-5-18(23)21-15(2)13-20(14-19(21,3)4)12-6-7-16-8-10-17(11-9-16)22(24)25/h6-11,15H,5,12-14H2,1-4H3/b7-6+. The number of rotatable bonds is 5. The van der Waals surface area contributed by atoms with E-state index in [1.54, 1.807) is 12.1 Å². The summed E-state index contributed by atoms with van der Waals surface area (Å²) in [6.07, 6.45) is 4.58. The molecule has 6 heteroatoms. The molecule has 1 aliphatic heterocycles. The molecule has 0 spiro atoms. The normalized spacial score (nSPS) is 20.8. The van der Waals surface area contributed by atoms with Gasteiger partial charge in [-0.15, -0.1) is 0 Å². The van der Waals surface area contributed by atoms with E-state index in [1.165, 1.54) is 12.1 Å². The second kappa shape index (κ2) is 7.78. The number of carbonyl (C=O) groups is 1. The van der Waals surface area contributed by atoms with E-state index in [9.17, 15) is 14.9 Å². The molecule has 1 fully saturated rings. The Morgan fingerprint density at radius 1 is 1.36 bits per heavy atom. The first kappa shape index (κ1) is 19.1. The highest BCUT2D eigenvalue weighted by atomic mass is 16.6. The summed E-state index contributed by atoms with van der Waals surface area (Å²) in [5.74, 6) is 0.207. The lowest BCUT2D eigenvalue weighted by atomic mass is 9.94. The molecular formula is C19H27N3O3. The van der Waals surface area contributed by atoms with Gasteiger partial charge in [0.15, 0.2) is 0 Å². The van der Waals surface area contributed by atoms with Crippen molar-refractivity contribution in [3.05, 3.63) is 46.0 Å². The van der Waals surface area contributed by atoms with Crippen LogP contribution < -0.4 is 0 Å². The maximum Gasteiger partial charge on any atom is 0.269 e. The molecule has 1 unspecified atom stereocenters. The molecule has 0 bridgehead atoms. The van der Waals surface area contributed by atoms with E-state index in [1.807, 2.05) is 17.9 Å². The summed E-state index contributed by atoms with van der Waals surface area (Å²) in [5, 5.41) is 10.7. The number of nitro groups is 1. The Morgan fingerprint density at radius 2 is 2.00 bits per heavy atom. The van der Waals surface area contributed by atoms with Gasteiger partial charge in [0.05, 0.1) is 10.5 Å². The molecule has 25 heavy (non-hydrogen) atoms. The minimum Gasteiger partial charge on any atom is -0.332 e. The third-order valence-electron chi connectivity index (χ3n) is 4.57. The Labute approximate surface area is 149 Å². The number of carbonyl (C=O) groups excluding carboxylic acids is 1. The first-order valence-corrected chi connectivity index (χ1v) is 8.70. The van der Waals surface area contributed by atoms with E-state index >= 15 is 0 Å². The molecule has 2 rings (SSSR count). The predicted octanol–water partition coefficient (Wildman–Crippen LogP) is 3.33. The monoisotopic (exact) mass is 345 g/mol. The van der Waals surface area contributed by atoms with Crippen molar-refractivity contribution >= 4 is 17.7 Å². The van der Waals surface area contributed by atoms with E-state index in [0.717, 1.165) is 25.2 Å². The fourth-order valence-corrected chi connectivity index (χ4v) is 3.68. The SMILES string of the molecule is CCC(=O)N1C(C)CN(C/C=C/c2ccc([N+](=O)[O-])cc2)CC1(C)C. The van der Waals surface area contributed by atoms with Crippen molar-refractivity contribution in [2.45, 2.75) is 45.7 Å². The number of nitrogens with zero attached hydrogens (tertiary/aromatic N) is 3. The number of amides is 1. The van der Waals surface area contributed by atoms with Crippen LogP contribution in [0.4, 0.5) is 5.69 Å². The highest BCUT2D eigenvalue weighted by Crippen LogP contribution is 2.26. The molecular weight excluding hydrogens is 318 g/mol. The highest BCUT2D eigenvalue weighted by molar-refractivity contribution is 5.77. The molecule has 1 saturated heterocycles. The van der Waals surface area contributed by atoms with Crippen LogP contribution in [0.1, 0.15) is 39.7 Å². The molecule has 6 nitrogen and oxygen atoms in total. The van der Waals surface area contributed by atoms with E-state index in [4.69, 9.17) is 0 Å². The summed E-state index contributed by atoms with van der Waals surface area (Å²) in [4.78, 5) is 26.9. The van der Waals surface area contributed by atoms with Crippen LogP contribution in [0.25, 0.3) is 6.08 Å². The minimum absolute atomic E-state index is 0.101. The Balaban J connectivity index is 1.97. The average Bonchev–Trinajstić information content (AvgIpc) is 2.53. The first-order valence-electron chi connectivity index (χ1n) is 8.70. The van der Waals surface area contributed by atoms with Gasteiger partial charge in [0.2, 0.25) is 5.91 Å². The third kappa shape index (κ3) is 4.66. The average molecular weight is 345 g/mol. The zero-order chi connectivity index (χ0) is 18.6. The molecule has 1 amide bonds. The van der Waals surface area contributed by atoms with Crippen molar-refractivity contribution in [1.29, 1.82) is 0 Å². The fourth-order valence-electron chi connectivity index (χ4n) is 3.68. The molecule has 1 atom stereocenters. The lowest BCUT2D eigenvalue weighted by Gasteiger charge is -2.51. The summed E-state index contributed by atoms with van der Waals surface area (Å²) in [7, 11) is 0. The molecule has 0 radical (unpaired) electrons. The van der Waals surface area contributed by atoms with Gasteiger partial charge >= 0.3 is 0 Å². The van der Waals surface area contributed by atoms with Crippen molar-refractivity contribution in [2.24, 2.45) is 0 Å². The van der Waals surface area contributed by atoms with Gasteiger partial charge in [-0.25, -0.2) is 0 Å². The molecule has 1 aromatic carbocycles. The molecule has 1 aromatic rings. The van der Waals surface area contributed by atoms with Crippen molar-refractivity contribution in [3.63, 3.8) is 0 Å². The number of piperazine rings is 1. The Hall–Kier alpha value is -2.21. The molecule has 0 saturated carbocycles. The largest absolute Gasteiger partial charge is 0.332 e. The molecule has 0 aromatic heterocycles. The van der Waals surface area contributed by atoms with E-state index in [-0.39, 0.29) is 23.2 Å². The quantitative estimate of drug-likeness (QED) is 0.606. The number of hydrogen-bond acceptors (Lipinski definition) is 4. The van der Waals surface area contributed by atoms with Crippen LogP contribution in [0.2, 0.25) is 0 Å². The Kier molecular flexibility index (Phi) is 5.95. The molecule has 136 valence electrons. The summed E-state index contributed by atoms with van der Waals surface area (Å²) < 4.78 is 0. The van der Waals surface area contributed by atoms with Crippen LogP contribution in [0, 0.1) is 10.1 Å². The van der Waals surface area contributed by atoms with Crippen molar-refractivity contribution in [3.8, 4) is 0 Å². The number of benzene rings is 1. The highest BCUT2D eigenvalue weighted by Gasteiger charge is 2.39. The Bertz CT molecular complexity index is 652. The van der Waals surface area contributed by atoms with E-state index in [0.29, 0.717) is 6.42 Å². The molecule has 0 N–H and O–H groups in total. The topological polar surface area (TPSA) is 66.7 Å². The number of non-ortho nitro benzene ring substituents is 1. The Morgan fingerprint density at radius 3 is 2.52 bits per heavy atom. The van der Waals surface area contributed by atoms with Gasteiger partial charge in [-0.1, -0.05) is 19.1 Å². The van der Waals surface area contributed by atoms with Gasteiger partial charge < -0.3 is 4.90 Å². The molecule has 1 aliphatic rings. The van der Waals surface area contributed by atoms with Crippen LogP contribution in [0.15, 0.2) is 30.3 Å². The summed E-state index contributed by atoms with van der Waals surface area (Å²) in [5.41, 5.74) is 0.855. The maximum absolute atomic E-state index is 12.2. The fraction of sp³-hybridized carbons (Fsp3) is 0.526. The van der Waals surface area contributed by atoms with Crippen LogP contribution in [-0.4, -0.2) is 51.8 Å². The van der Waals surface area contributed by atoms with Gasteiger partial charge in [0.25, 0.3) is 5.69 Å². The zero-order valence-electron chi connectivity index (χ0n) is 15.4. The molecule has 0 aliphatic carbocycles. The lowest BCUT2D eigenvalue weighted by molar-refractivity contribution is -0.384. The first-order chi connectivity index (χ1) is 11.7. The third-order valence-corrected chi connectivity index (χ3v) is 4.57. The minimum atomic E-state index is -0.395. The van der Waals surface area contributed by atoms with Gasteiger partial charge in [-0.2, -0.15) is 0 Å². The van der Waals surface area contributed by atoms with E-state index in [2.05, 4.69) is 31.7 Å². The summed E-state index contributed by atoms with van der Waals surface area (Å²) in [6.45, 7) is 10.7. The maximum atomic E-state index is 12.2. The van der Waals surface area contributed by atoms with Crippen LogP contribution in [0.3, 0.4) is 0 Å². The van der Waals surface area contributed by atoms with Gasteiger partial charge in [-0.3, -0.25) is 19.8 Å². The predicted molar refractivity (Wildman–Crippen MR) is 99.2 cm³/mol. The number of nitro benzene ring substituents is 1. The van der Waals surface area contributed by atoms with Crippen molar-refractivity contribution < 1.29 is 9.72 Å². The van der Waals surface area contributed by atoms with Crippen LogP contribution in [-0.2, 0) is 4.79 Å². The van der Waals surface area contributed by atoms with Crippen molar-refractivity contribution in [1.82, 2.24) is 9.80 Å². The van der Waals surface area contributed by atoms with Gasteiger partial charge in [0.1, 0.15) is 0 Å². The van der Waals surface area contributed by atoms with Crippen LogP contribution >= 0.6 is 0 Å². The second-order valence-corrected chi connectivity index (χ2v) is 7.22. The lowest BCUT2D eigenvalue weighted by Crippen LogP contribution is -2.64. The summed E-state index contributed by atoms with van der Waals surface area (Å²) in [6, 6.07) is 6.71. The number of hydrogen-bond donors (Lipinski definition) is 0. The zero-order valence-corrected chi connectivity index (χ0v) is 15.4. The molecule has 1 heterocycles. The van der Waals surface area contributed by atoms with Gasteiger partial charge in [0, 0.05) is 44.2 Å². The smallest absolute Gasteiger partial charge is 0.269 e.